The predicted molar refractivity (Wildman–Crippen MR) is 78.9 cm³/mol. The Kier molecular flexibility index (Phi) is 7.52. The molecule has 0 aromatic heterocycles. The van der Waals surface area contributed by atoms with Gasteiger partial charge in [-0.15, -0.1) is 0 Å². The van der Waals surface area contributed by atoms with Crippen LogP contribution in [-0.2, 0) is 19.1 Å². The van der Waals surface area contributed by atoms with Gasteiger partial charge < -0.3 is 20.5 Å². The fourth-order valence-corrected chi connectivity index (χ4v) is 3.04. The summed E-state index contributed by atoms with van der Waals surface area (Å²) in [5, 5.41) is 8.64. The highest BCUT2D eigenvalue weighted by Gasteiger charge is 2.27. The summed E-state index contributed by atoms with van der Waals surface area (Å²) in [6, 6.07) is -0.872. The Morgan fingerprint density at radius 2 is 2.00 bits per heavy atom. The van der Waals surface area contributed by atoms with Crippen LogP contribution in [0.3, 0.4) is 0 Å². The maximum atomic E-state index is 12.0. The molecular weight excluding hydrogens is 296 g/mol. The van der Waals surface area contributed by atoms with Gasteiger partial charge in [0.1, 0.15) is 6.04 Å². The average Bonchev–Trinajstić information content (AvgIpc) is 2.50. The first-order valence-corrected chi connectivity index (χ1v) is 8.03. The van der Waals surface area contributed by atoms with Crippen LogP contribution in [0.25, 0.3) is 0 Å². The van der Waals surface area contributed by atoms with Gasteiger partial charge in [-0.05, 0) is 25.0 Å². The van der Waals surface area contributed by atoms with Gasteiger partial charge in [0, 0.05) is 13.1 Å². The van der Waals surface area contributed by atoms with Crippen LogP contribution < -0.4 is 5.73 Å². The highest BCUT2D eigenvalue weighted by molar-refractivity contribution is 7.99. The Morgan fingerprint density at radius 3 is 2.52 bits per heavy atom. The lowest BCUT2D eigenvalue weighted by Crippen LogP contribution is -2.41. The number of carboxylic acid groups (broad SMARTS) is 1. The lowest BCUT2D eigenvalue weighted by molar-refractivity contribution is -0.148. The normalized spacial score (nSPS) is 17.3. The number of carbonyl (C=O) groups excluding carboxylic acids is 2. The molecule has 1 unspecified atom stereocenters. The fourth-order valence-electron chi connectivity index (χ4n) is 2.12. The molecule has 1 saturated heterocycles. The van der Waals surface area contributed by atoms with Crippen molar-refractivity contribution in [2.45, 2.75) is 25.3 Å². The summed E-state index contributed by atoms with van der Waals surface area (Å²) in [7, 11) is 1.37. The number of piperidine rings is 1. The van der Waals surface area contributed by atoms with Crippen molar-refractivity contribution in [1.82, 2.24) is 4.90 Å². The second-order valence-corrected chi connectivity index (χ2v) is 6.07. The van der Waals surface area contributed by atoms with Crippen molar-refractivity contribution >= 4 is 29.6 Å². The van der Waals surface area contributed by atoms with E-state index in [1.165, 1.54) is 18.9 Å². The van der Waals surface area contributed by atoms with Gasteiger partial charge in [0.05, 0.1) is 18.8 Å². The lowest BCUT2D eigenvalue weighted by Gasteiger charge is -2.30. The molecule has 8 heteroatoms. The predicted octanol–water partition coefficient (Wildman–Crippen LogP) is -0.0668. The van der Waals surface area contributed by atoms with Crippen molar-refractivity contribution < 1.29 is 24.2 Å². The molecule has 1 atom stereocenters. The van der Waals surface area contributed by atoms with Crippen LogP contribution in [0.1, 0.15) is 19.3 Å². The number of amides is 1. The summed E-state index contributed by atoms with van der Waals surface area (Å²) in [5.41, 5.74) is 5.38. The summed E-state index contributed by atoms with van der Waals surface area (Å²) in [6.45, 7) is 1.13. The quantitative estimate of drug-likeness (QED) is 0.499. The molecule has 1 fully saturated rings. The number of nitrogens with two attached hydrogens (primary N) is 1. The highest BCUT2D eigenvalue weighted by atomic mass is 32.2. The van der Waals surface area contributed by atoms with Crippen molar-refractivity contribution in [2.24, 2.45) is 11.7 Å². The molecule has 1 rings (SSSR count). The van der Waals surface area contributed by atoms with Crippen molar-refractivity contribution in [3.63, 3.8) is 0 Å². The van der Waals surface area contributed by atoms with E-state index >= 15 is 0 Å². The topological polar surface area (TPSA) is 110 Å². The zero-order valence-electron chi connectivity index (χ0n) is 12.1. The van der Waals surface area contributed by atoms with Gasteiger partial charge in [-0.2, -0.15) is 11.8 Å². The number of hydrogen-bond donors (Lipinski definition) is 2. The van der Waals surface area contributed by atoms with E-state index in [0.717, 1.165) is 0 Å². The van der Waals surface area contributed by atoms with Gasteiger partial charge >= 0.3 is 11.9 Å². The van der Waals surface area contributed by atoms with Gasteiger partial charge in [0.25, 0.3) is 0 Å². The van der Waals surface area contributed by atoms with E-state index < -0.39 is 12.0 Å². The molecule has 21 heavy (non-hydrogen) atoms. The van der Waals surface area contributed by atoms with Crippen molar-refractivity contribution in [1.29, 1.82) is 0 Å². The molecule has 0 saturated carbocycles. The minimum atomic E-state index is -1.02. The molecule has 0 spiro atoms. The third kappa shape index (κ3) is 5.92. The molecule has 3 N–H and O–H groups in total. The molecule has 1 aliphatic heterocycles. The maximum absolute atomic E-state index is 12.0. The van der Waals surface area contributed by atoms with Gasteiger partial charge in [-0.1, -0.05) is 0 Å². The fraction of sp³-hybridized carbons (Fsp3) is 0.769. The van der Waals surface area contributed by atoms with E-state index in [-0.39, 0.29) is 17.8 Å². The standard InChI is InChI=1S/C13H22N2O5S/c1-20-13(19)9-2-5-15(6-3-9)11(16)8-21-7-4-10(14)12(17)18/h9-10H,2-8,14H2,1H3,(H,17,18). The largest absolute Gasteiger partial charge is 0.480 e. The summed E-state index contributed by atoms with van der Waals surface area (Å²) < 4.78 is 4.70. The first kappa shape index (κ1) is 17.8. The maximum Gasteiger partial charge on any atom is 0.320 e. The molecule has 0 bridgehead atoms. The SMILES string of the molecule is COC(=O)C1CCN(C(=O)CSCCC(N)C(=O)O)CC1. The van der Waals surface area contributed by atoms with E-state index in [4.69, 9.17) is 15.6 Å². The van der Waals surface area contributed by atoms with Crippen molar-refractivity contribution in [3.05, 3.63) is 0 Å². The van der Waals surface area contributed by atoms with Gasteiger partial charge in [-0.3, -0.25) is 14.4 Å². The number of hydrogen-bond acceptors (Lipinski definition) is 6. The molecule has 1 heterocycles. The Hall–Kier alpha value is -1.28. The number of likely N-dealkylation sites (tertiary alicyclic amines) is 1. The number of aliphatic carboxylic acids is 1. The minimum Gasteiger partial charge on any atom is -0.480 e. The van der Waals surface area contributed by atoms with Crippen molar-refractivity contribution in [3.8, 4) is 0 Å². The van der Waals surface area contributed by atoms with E-state index in [2.05, 4.69) is 0 Å². The van der Waals surface area contributed by atoms with E-state index in [1.54, 1.807) is 4.90 Å². The Balaban J connectivity index is 2.19. The first-order valence-electron chi connectivity index (χ1n) is 6.87. The van der Waals surface area contributed by atoms with Crippen LogP contribution in [0, 0.1) is 5.92 Å². The molecule has 7 nitrogen and oxygen atoms in total. The second-order valence-electron chi connectivity index (χ2n) is 4.96. The van der Waals surface area contributed by atoms with E-state index in [1.807, 2.05) is 0 Å². The number of nitrogens with zero attached hydrogens (tertiary/aromatic N) is 1. The Morgan fingerprint density at radius 1 is 1.38 bits per heavy atom. The number of esters is 1. The third-order valence-electron chi connectivity index (χ3n) is 3.50. The molecule has 1 aliphatic rings. The second kappa shape index (κ2) is 8.89. The molecule has 0 radical (unpaired) electrons. The average molecular weight is 318 g/mol. The van der Waals surface area contributed by atoms with Crippen molar-refractivity contribution in [2.75, 3.05) is 31.7 Å². The molecule has 0 aromatic rings. The van der Waals surface area contributed by atoms with Crippen LogP contribution in [0.4, 0.5) is 0 Å². The first-order chi connectivity index (χ1) is 9.95. The van der Waals surface area contributed by atoms with Crippen LogP contribution in [0.5, 0.6) is 0 Å². The van der Waals surface area contributed by atoms with Crippen LogP contribution in [0.2, 0.25) is 0 Å². The van der Waals surface area contributed by atoms with E-state index in [9.17, 15) is 14.4 Å². The summed E-state index contributed by atoms with van der Waals surface area (Å²) in [5.74, 6) is -0.467. The molecule has 0 aromatic carbocycles. The summed E-state index contributed by atoms with van der Waals surface area (Å²) in [6.07, 6.45) is 1.61. The molecule has 1 amide bonds. The molecule has 120 valence electrons. The Bertz CT molecular complexity index is 383. The van der Waals surface area contributed by atoms with Crippen LogP contribution >= 0.6 is 11.8 Å². The van der Waals surface area contributed by atoms with Gasteiger partial charge in [0.2, 0.25) is 5.91 Å². The number of rotatable bonds is 7. The number of methoxy groups -OCH3 is 1. The number of carbonyl (C=O) groups is 3. The number of carboxylic acids is 1. The Labute approximate surface area is 128 Å². The summed E-state index contributed by atoms with van der Waals surface area (Å²) in [4.78, 5) is 35.6. The molecular formula is C13H22N2O5S. The van der Waals surface area contributed by atoms with Crippen LogP contribution in [-0.4, -0.2) is 65.6 Å². The van der Waals surface area contributed by atoms with Crippen LogP contribution in [0.15, 0.2) is 0 Å². The zero-order chi connectivity index (χ0) is 15.8. The highest BCUT2D eigenvalue weighted by Crippen LogP contribution is 2.19. The smallest absolute Gasteiger partial charge is 0.320 e. The van der Waals surface area contributed by atoms with E-state index in [0.29, 0.717) is 43.9 Å². The lowest BCUT2D eigenvalue weighted by atomic mass is 9.97. The number of thioether (sulfide) groups is 1. The molecule has 0 aliphatic carbocycles. The monoisotopic (exact) mass is 318 g/mol. The third-order valence-corrected chi connectivity index (χ3v) is 4.47. The van der Waals surface area contributed by atoms with Gasteiger partial charge in [0.15, 0.2) is 0 Å². The summed E-state index contributed by atoms with van der Waals surface area (Å²) >= 11 is 1.39. The zero-order valence-corrected chi connectivity index (χ0v) is 12.9. The van der Waals surface area contributed by atoms with Gasteiger partial charge in [-0.25, -0.2) is 0 Å². The number of ether oxygens (including phenoxy) is 1. The minimum absolute atomic E-state index is 0.0206.